The molecule has 1 amide bonds. The largest absolute Gasteiger partial charge is 0.507 e. The average Bonchev–Trinajstić information content (AvgIpc) is 3.12. The number of likely N-dealkylation sites (tertiary alicyclic amines) is 1. The summed E-state index contributed by atoms with van der Waals surface area (Å²) < 4.78 is 26.5. The molecule has 0 saturated carbocycles. The Bertz CT molecular complexity index is 1090. The highest BCUT2D eigenvalue weighted by atomic mass is 16.5. The molecule has 2 aromatic carbocycles. The van der Waals surface area contributed by atoms with Crippen molar-refractivity contribution in [2.24, 2.45) is 0 Å². The standard InChI is InChI=1S/C25H29NO8/c1-30-12-6-11-26-22(15-7-9-19(33-4)20(13-15)34-5)21(24(28)25(26)29)23(27)17-14-16(31-2)8-10-18(17)32-3/h7-10,13-14,22,27H,6,11-12H2,1-5H3/b23-21+. The van der Waals surface area contributed by atoms with Crippen LogP contribution in [0.2, 0.25) is 0 Å². The summed E-state index contributed by atoms with van der Waals surface area (Å²) in [5, 5.41) is 11.4. The molecule has 3 rings (SSSR count). The van der Waals surface area contributed by atoms with Crippen LogP contribution in [0.3, 0.4) is 0 Å². The topological polar surface area (TPSA) is 104 Å². The normalized spacial score (nSPS) is 17.1. The van der Waals surface area contributed by atoms with Crippen molar-refractivity contribution in [2.45, 2.75) is 12.5 Å². The fraction of sp³-hybridized carbons (Fsp3) is 0.360. The molecule has 0 aliphatic carbocycles. The van der Waals surface area contributed by atoms with Crippen molar-refractivity contribution < 1.29 is 38.4 Å². The van der Waals surface area contributed by atoms with E-state index in [1.165, 1.54) is 33.3 Å². The number of amides is 1. The second kappa shape index (κ2) is 10.9. The van der Waals surface area contributed by atoms with Crippen molar-refractivity contribution in [1.82, 2.24) is 4.90 Å². The Morgan fingerprint density at radius 2 is 1.56 bits per heavy atom. The van der Waals surface area contributed by atoms with Crippen LogP contribution in [0.1, 0.15) is 23.6 Å². The SMILES string of the molecule is COCCCN1C(=O)C(=O)/C(=C(/O)c2cc(OC)ccc2OC)C1c1ccc(OC)c(OC)c1. The summed E-state index contributed by atoms with van der Waals surface area (Å²) in [5.41, 5.74) is 0.765. The molecule has 1 atom stereocenters. The highest BCUT2D eigenvalue weighted by Gasteiger charge is 2.46. The Morgan fingerprint density at radius 1 is 0.882 bits per heavy atom. The number of rotatable bonds is 10. The number of carbonyl (C=O) groups excluding carboxylic acids is 2. The number of aliphatic hydroxyl groups is 1. The Balaban J connectivity index is 2.23. The van der Waals surface area contributed by atoms with Crippen LogP contribution in [0.4, 0.5) is 0 Å². The summed E-state index contributed by atoms with van der Waals surface area (Å²) in [4.78, 5) is 27.7. The van der Waals surface area contributed by atoms with E-state index >= 15 is 0 Å². The molecular formula is C25H29NO8. The summed E-state index contributed by atoms with van der Waals surface area (Å²) in [6.07, 6.45) is 0.510. The molecule has 1 unspecified atom stereocenters. The van der Waals surface area contributed by atoms with Crippen LogP contribution >= 0.6 is 0 Å². The van der Waals surface area contributed by atoms with Gasteiger partial charge in [-0.25, -0.2) is 0 Å². The third kappa shape index (κ3) is 4.65. The van der Waals surface area contributed by atoms with Gasteiger partial charge in [0.1, 0.15) is 17.3 Å². The van der Waals surface area contributed by atoms with Crippen molar-refractivity contribution in [1.29, 1.82) is 0 Å². The Morgan fingerprint density at radius 3 is 2.18 bits per heavy atom. The number of ether oxygens (including phenoxy) is 5. The minimum atomic E-state index is -0.854. The first-order chi connectivity index (χ1) is 16.4. The van der Waals surface area contributed by atoms with Crippen molar-refractivity contribution >= 4 is 17.4 Å². The smallest absolute Gasteiger partial charge is 0.295 e. The van der Waals surface area contributed by atoms with Gasteiger partial charge in [0, 0.05) is 20.3 Å². The minimum absolute atomic E-state index is 0.0545. The van der Waals surface area contributed by atoms with E-state index in [0.29, 0.717) is 41.6 Å². The molecule has 1 heterocycles. The van der Waals surface area contributed by atoms with E-state index in [0.717, 1.165) is 0 Å². The van der Waals surface area contributed by atoms with Crippen LogP contribution in [-0.2, 0) is 14.3 Å². The first-order valence-corrected chi connectivity index (χ1v) is 10.6. The molecule has 2 aromatic rings. The van der Waals surface area contributed by atoms with Crippen LogP contribution in [0.25, 0.3) is 5.76 Å². The van der Waals surface area contributed by atoms with E-state index in [-0.39, 0.29) is 23.4 Å². The molecule has 1 N–H and O–H groups in total. The first-order valence-electron chi connectivity index (χ1n) is 10.6. The molecule has 1 aliphatic heterocycles. The Labute approximate surface area is 198 Å². The monoisotopic (exact) mass is 471 g/mol. The van der Waals surface area contributed by atoms with E-state index < -0.39 is 17.7 Å². The van der Waals surface area contributed by atoms with E-state index in [1.807, 2.05) is 0 Å². The molecule has 1 saturated heterocycles. The predicted molar refractivity (Wildman–Crippen MR) is 125 cm³/mol. The van der Waals surface area contributed by atoms with Gasteiger partial charge in [-0.1, -0.05) is 6.07 Å². The maximum Gasteiger partial charge on any atom is 0.295 e. The van der Waals surface area contributed by atoms with Crippen molar-refractivity contribution in [3.63, 3.8) is 0 Å². The van der Waals surface area contributed by atoms with Gasteiger partial charge < -0.3 is 33.7 Å². The number of carbonyl (C=O) groups is 2. The maximum atomic E-state index is 13.2. The Hall–Kier alpha value is -3.72. The van der Waals surface area contributed by atoms with Gasteiger partial charge in [0.15, 0.2) is 11.5 Å². The zero-order valence-electron chi connectivity index (χ0n) is 19.9. The summed E-state index contributed by atoms with van der Waals surface area (Å²) in [5.74, 6) is -0.144. The molecule has 1 aliphatic rings. The third-order valence-electron chi connectivity index (χ3n) is 5.67. The van der Waals surface area contributed by atoms with Crippen LogP contribution in [-0.4, -0.2) is 70.4 Å². The van der Waals surface area contributed by atoms with Crippen molar-refractivity contribution in [3.05, 3.63) is 53.1 Å². The molecule has 0 spiro atoms. The fourth-order valence-corrected chi connectivity index (χ4v) is 4.00. The lowest BCUT2D eigenvalue weighted by Gasteiger charge is -2.26. The van der Waals surface area contributed by atoms with Crippen molar-refractivity contribution in [3.8, 4) is 23.0 Å². The summed E-state index contributed by atoms with van der Waals surface area (Å²) in [6.45, 7) is 0.662. The van der Waals surface area contributed by atoms with E-state index in [1.54, 1.807) is 43.5 Å². The lowest BCUT2D eigenvalue weighted by molar-refractivity contribution is -0.140. The van der Waals surface area contributed by atoms with E-state index in [4.69, 9.17) is 23.7 Å². The number of Topliss-reactive ketones (excluding diaryl/α,β-unsaturated/α-hetero) is 1. The zero-order valence-corrected chi connectivity index (χ0v) is 19.9. The molecule has 0 aromatic heterocycles. The highest BCUT2D eigenvalue weighted by molar-refractivity contribution is 6.46. The van der Waals surface area contributed by atoms with E-state index in [9.17, 15) is 14.7 Å². The second-order valence-corrected chi connectivity index (χ2v) is 7.52. The average molecular weight is 472 g/mol. The van der Waals surface area contributed by atoms with Gasteiger partial charge >= 0.3 is 0 Å². The van der Waals surface area contributed by atoms with Crippen LogP contribution in [0.15, 0.2) is 42.0 Å². The maximum absolute atomic E-state index is 13.2. The quantitative estimate of drug-likeness (QED) is 0.244. The molecule has 1 fully saturated rings. The molecule has 9 nitrogen and oxygen atoms in total. The van der Waals surface area contributed by atoms with Gasteiger partial charge in [-0.3, -0.25) is 9.59 Å². The molecule has 0 bridgehead atoms. The number of methoxy groups -OCH3 is 5. The minimum Gasteiger partial charge on any atom is -0.507 e. The lowest BCUT2D eigenvalue weighted by atomic mass is 9.94. The number of aliphatic hydroxyl groups excluding tert-OH is 1. The zero-order chi connectivity index (χ0) is 24.8. The molecule has 9 heteroatoms. The highest BCUT2D eigenvalue weighted by Crippen LogP contribution is 2.43. The fourth-order valence-electron chi connectivity index (χ4n) is 4.00. The summed E-state index contributed by atoms with van der Waals surface area (Å²) in [7, 11) is 7.52. The lowest BCUT2D eigenvalue weighted by Crippen LogP contribution is -2.31. The molecule has 182 valence electrons. The summed E-state index contributed by atoms with van der Waals surface area (Å²) in [6, 6.07) is 9.10. The summed E-state index contributed by atoms with van der Waals surface area (Å²) >= 11 is 0. The predicted octanol–water partition coefficient (Wildman–Crippen LogP) is 3.18. The van der Waals surface area contributed by atoms with Crippen LogP contribution in [0.5, 0.6) is 23.0 Å². The number of hydrogen-bond donors (Lipinski definition) is 1. The van der Waals surface area contributed by atoms with Crippen LogP contribution < -0.4 is 18.9 Å². The van der Waals surface area contributed by atoms with Crippen LogP contribution in [0, 0.1) is 0 Å². The van der Waals surface area contributed by atoms with E-state index in [2.05, 4.69) is 0 Å². The number of benzene rings is 2. The molecular weight excluding hydrogens is 442 g/mol. The molecule has 0 radical (unpaired) electrons. The molecule has 34 heavy (non-hydrogen) atoms. The van der Waals surface area contributed by atoms with Gasteiger partial charge in [-0.15, -0.1) is 0 Å². The second-order valence-electron chi connectivity index (χ2n) is 7.52. The van der Waals surface area contributed by atoms with Gasteiger partial charge in [-0.2, -0.15) is 0 Å². The number of ketones is 1. The number of hydrogen-bond acceptors (Lipinski definition) is 8. The number of nitrogens with zero attached hydrogens (tertiary/aromatic N) is 1. The van der Waals surface area contributed by atoms with Gasteiger partial charge in [-0.05, 0) is 42.3 Å². The Kier molecular flexibility index (Phi) is 8.01. The van der Waals surface area contributed by atoms with Crippen molar-refractivity contribution in [2.75, 3.05) is 48.7 Å². The van der Waals surface area contributed by atoms with Gasteiger partial charge in [0.2, 0.25) is 0 Å². The van der Waals surface area contributed by atoms with Gasteiger partial charge in [0.25, 0.3) is 11.7 Å². The first kappa shape index (κ1) is 24.9. The van der Waals surface area contributed by atoms with Gasteiger partial charge in [0.05, 0.1) is 45.6 Å². The third-order valence-corrected chi connectivity index (χ3v) is 5.67.